The quantitative estimate of drug-likeness (QED) is 0.756. The van der Waals surface area contributed by atoms with Gasteiger partial charge >= 0.3 is 0 Å². The predicted octanol–water partition coefficient (Wildman–Crippen LogP) is 2.19. The molecule has 0 radical (unpaired) electrons. The summed E-state index contributed by atoms with van der Waals surface area (Å²) in [7, 11) is 1.90. The van der Waals surface area contributed by atoms with Gasteiger partial charge in [-0.25, -0.2) is 0 Å². The van der Waals surface area contributed by atoms with E-state index in [0.717, 1.165) is 22.5 Å². The molecule has 3 N–H and O–H groups in total. The number of aromatic nitrogens is 3. The average Bonchev–Trinajstić information content (AvgIpc) is 2.95. The minimum atomic E-state index is -0.542. The smallest absolute Gasteiger partial charge is 0.267 e. The molecule has 3 rings (SSSR count). The van der Waals surface area contributed by atoms with Crippen molar-refractivity contribution in [1.29, 1.82) is 0 Å². The van der Waals surface area contributed by atoms with E-state index in [1.165, 1.54) is 0 Å². The van der Waals surface area contributed by atoms with Gasteiger partial charge in [0.1, 0.15) is 5.69 Å². The van der Waals surface area contributed by atoms with Crippen LogP contribution in [0.25, 0.3) is 11.3 Å². The van der Waals surface area contributed by atoms with Crippen LogP contribution in [0.15, 0.2) is 54.9 Å². The molecule has 0 aliphatic rings. The first kappa shape index (κ1) is 14.8. The highest BCUT2D eigenvalue weighted by atomic mass is 16.1. The maximum atomic E-state index is 11.2. The van der Waals surface area contributed by atoms with Crippen molar-refractivity contribution in [1.82, 2.24) is 14.8 Å². The van der Waals surface area contributed by atoms with Gasteiger partial charge in [0.05, 0.1) is 5.69 Å². The van der Waals surface area contributed by atoms with Crippen molar-refractivity contribution in [3.05, 3.63) is 66.1 Å². The number of carbonyl (C=O) groups is 1. The number of nitrogens with two attached hydrogens (primary N) is 1. The molecule has 0 saturated carbocycles. The van der Waals surface area contributed by atoms with Crippen molar-refractivity contribution < 1.29 is 4.79 Å². The molecule has 0 fully saturated rings. The van der Waals surface area contributed by atoms with Crippen molar-refractivity contribution in [3.8, 4) is 11.3 Å². The van der Waals surface area contributed by atoms with Crippen molar-refractivity contribution in [2.24, 2.45) is 12.8 Å². The summed E-state index contributed by atoms with van der Waals surface area (Å²) in [6.45, 7) is 0.584. The number of aryl methyl sites for hydroxylation is 1. The number of primary amides is 1. The van der Waals surface area contributed by atoms with Gasteiger partial charge in [-0.05, 0) is 12.1 Å². The fourth-order valence-corrected chi connectivity index (χ4v) is 2.38. The number of pyridine rings is 1. The van der Waals surface area contributed by atoms with Crippen LogP contribution in [0.2, 0.25) is 0 Å². The lowest BCUT2D eigenvalue weighted by molar-refractivity contribution is 0.0995. The second-order valence-electron chi connectivity index (χ2n) is 5.19. The number of carbonyl (C=O) groups excluding carboxylic acids is 1. The van der Waals surface area contributed by atoms with Gasteiger partial charge in [-0.15, -0.1) is 0 Å². The average molecular weight is 307 g/mol. The summed E-state index contributed by atoms with van der Waals surface area (Å²) < 4.78 is 1.79. The molecule has 116 valence electrons. The molecule has 2 aromatic heterocycles. The highest BCUT2D eigenvalue weighted by Gasteiger charge is 2.10. The molecule has 0 bridgehead atoms. The molecule has 6 heteroatoms. The monoisotopic (exact) mass is 307 g/mol. The number of hydrogen-bond donors (Lipinski definition) is 2. The predicted molar refractivity (Wildman–Crippen MR) is 88.7 cm³/mol. The number of amides is 1. The third kappa shape index (κ3) is 3.37. The first-order chi connectivity index (χ1) is 11.1. The van der Waals surface area contributed by atoms with Crippen LogP contribution >= 0.6 is 0 Å². The van der Waals surface area contributed by atoms with Gasteiger partial charge in [0.25, 0.3) is 5.91 Å². The maximum Gasteiger partial charge on any atom is 0.267 e. The SMILES string of the molecule is Cn1cc(CNc2ccnc(C(N)=O)c2)c(-c2ccccc2)n1. The van der Waals surface area contributed by atoms with E-state index >= 15 is 0 Å². The summed E-state index contributed by atoms with van der Waals surface area (Å²) in [5.41, 5.74) is 9.35. The Hall–Kier alpha value is -3.15. The summed E-state index contributed by atoms with van der Waals surface area (Å²) in [6.07, 6.45) is 3.54. The zero-order valence-corrected chi connectivity index (χ0v) is 12.7. The van der Waals surface area contributed by atoms with Crippen LogP contribution in [0.3, 0.4) is 0 Å². The van der Waals surface area contributed by atoms with E-state index in [4.69, 9.17) is 5.73 Å². The zero-order valence-electron chi connectivity index (χ0n) is 12.7. The number of nitrogens with one attached hydrogen (secondary N) is 1. The molecule has 0 spiro atoms. The van der Waals surface area contributed by atoms with Gasteiger partial charge in [0, 0.05) is 42.8 Å². The Labute approximate surface area is 134 Å². The zero-order chi connectivity index (χ0) is 16.2. The highest BCUT2D eigenvalue weighted by molar-refractivity contribution is 5.91. The van der Waals surface area contributed by atoms with Crippen LogP contribution in [-0.2, 0) is 13.6 Å². The van der Waals surface area contributed by atoms with Crippen LogP contribution in [0.1, 0.15) is 16.1 Å². The molecular weight excluding hydrogens is 290 g/mol. The van der Waals surface area contributed by atoms with Crippen LogP contribution in [0.5, 0.6) is 0 Å². The van der Waals surface area contributed by atoms with E-state index < -0.39 is 5.91 Å². The van der Waals surface area contributed by atoms with Crippen LogP contribution < -0.4 is 11.1 Å². The Morgan fingerprint density at radius 1 is 1.26 bits per heavy atom. The van der Waals surface area contributed by atoms with Crippen LogP contribution in [0.4, 0.5) is 5.69 Å². The van der Waals surface area contributed by atoms with Gasteiger partial charge in [0.2, 0.25) is 0 Å². The highest BCUT2D eigenvalue weighted by Crippen LogP contribution is 2.22. The Morgan fingerprint density at radius 3 is 2.78 bits per heavy atom. The summed E-state index contributed by atoms with van der Waals surface area (Å²) in [5.74, 6) is -0.542. The molecule has 0 aliphatic carbocycles. The Balaban J connectivity index is 1.82. The molecule has 0 unspecified atom stereocenters. The second-order valence-corrected chi connectivity index (χ2v) is 5.19. The normalized spacial score (nSPS) is 10.5. The lowest BCUT2D eigenvalue weighted by Crippen LogP contribution is -2.13. The van der Waals surface area contributed by atoms with Crippen LogP contribution in [0, 0.1) is 0 Å². The molecule has 6 nitrogen and oxygen atoms in total. The summed E-state index contributed by atoms with van der Waals surface area (Å²) in [4.78, 5) is 15.1. The number of rotatable bonds is 5. The topological polar surface area (TPSA) is 85.8 Å². The lowest BCUT2D eigenvalue weighted by atomic mass is 10.1. The van der Waals surface area contributed by atoms with Gasteiger partial charge in [0.15, 0.2) is 0 Å². The van der Waals surface area contributed by atoms with E-state index in [9.17, 15) is 4.79 Å². The Kier molecular flexibility index (Phi) is 4.05. The molecule has 23 heavy (non-hydrogen) atoms. The van der Waals surface area contributed by atoms with Crippen molar-refractivity contribution in [2.45, 2.75) is 6.54 Å². The molecule has 1 aromatic carbocycles. The number of hydrogen-bond acceptors (Lipinski definition) is 4. The first-order valence-electron chi connectivity index (χ1n) is 7.21. The largest absolute Gasteiger partial charge is 0.381 e. The molecule has 0 saturated heterocycles. The Morgan fingerprint density at radius 2 is 2.04 bits per heavy atom. The van der Waals surface area contributed by atoms with E-state index in [0.29, 0.717) is 6.54 Å². The van der Waals surface area contributed by atoms with Gasteiger partial charge in [-0.2, -0.15) is 5.10 Å². The van der Waals surface area contributed by atoms with Crippen LogP contribution in [-0.4, -0.2) is 20.7 Å². The van der Waals surface area contributed by atoms with E-state index in [1.54, 1.807) is 23.0 Å². The van der Waals surface area contributed by atoms with Crippen molar-refractivity contribution in [3.63, 3.8) is 0 Å². The number of nitrogens with zero attached hydrogens (tertiary/aromatic N) is 3. The van der Waals surface area contributed by atoms with Crippen molar-refractivity contribution in [2.75, 3.05) is 5.32 Å². The van der Waals surface area contributed by atoms with Gasteiger partial charge < -0.3 is 11.1 Å². The molecular formula is C17H17N5O. The standard InChI is InChI=1S/C17H17N5O/c1-22-11-13(16(21-22)12-5-3-2-4-6-12)10-20-14-7-8-19-15(9-14)17(18)23/h2-9,11H,10H2,1H3,(H2,18,23)(H,19,20). The third-order valence-electron chi connectivity index (χ3n) is 3.45. The fourth-order valence-electron chi connectivity index (χ4n) is 2.38. The number of benzene rings is 1. The summed E-state index contributed by atoms with van der Waals surface area (Å²) >= 11 is 0. The summed E-state index contributed by atoms with van der Waals surface area (Å²) in [5, 5.41) is 7.81. The maximum absolute atomic E-state index is 11.2. The molecule has 0 atom stereocenters. The van der Waals surface area contributed by atoms with E-state index in [-0.39, 0.29) is 5.69 Å². The minimum absolute atomic E-state index is 0.240. The number of anilines is 1. The fraction of sp³-hybridized carbons (Fsp3) is 0.118. The lowest BCUT2D eigenvalue weighted by Gasteiger charge is -2.07. The van der Waals surface area contributed by atoms with Gasteiger partial charge in [-0.3, -0.25) is 14.5 Å². The third-order valence-corrected chi connectivity index (χ3v) is 3.45. The molecule has 1 amide bonds. The molecule has 3 aromatic rings. The van der Waals surface area contributed by atoms with E-state index in [2.05, 4.69) is 15.4 Å². The minimum Gasteiger partial charge on any atom is -0.381 e. The first-order valence-corrected chi connectivity index (χ1v) is 7.21. The second kappa shape index (κ2) is 6.31. The van der Waals surface area contributed by atoms with Gasteiger partial charge in [-0.1, -0.05) is 30.3 Å². The van der Waals surface area contributed by atoms with E-state index in [1.807, 2.05) is 43.6 Å². The molecule has 0 aliphatic heterocycles. The summed E-state index contributed by atoms with van der Waals surface area (Å²) in [6, 6.07) is 13.5. The molecule has 2 heterocycles. The van der Waals surface area contributed by atoms with Crippen molar-refractivity contribution >= 4 is 11.6 Å². The Bertz CT molecular complexity index is 826.